The number of hydrogen-bond donors (Lipinski definition) is 0. The van der Waals surface area contributed by atoms with Gasteiger partial charge in [0.05, 0.1) is 17.4 Å². The summed E-state index contributed by atoms with van der Waals surface area (Å²) in [5, 5.41) is 7.40. The number of benzene rings is 2. The Morgan fingerprint density at radius 3 is 2.24 bits per heavy atom. The van der Waals surface area contributed by atoms with E-state index in [1.165, 1.54) is 84.5 Å². The lowest BCUT2D eigenvalue weighted by Gasteiger charge is -2.10. The normalized spacial score (nSPS) is 11.5. The molecule has 0 atom stereocenters. The second kappa shape index (κ2) is 9.73. The molecule has 2 nitrogen and oxygen atoms in total. The van der Waals surface area contributed by atoms with Crippen LogP contribution in [0.5, 0.6) is 0 Å². The first-order valence-corrected chi connectivity index (χ1v) is 11.3. The van der Waals surface area contributed by atoms with E-state index in [0.717, 1.165) is 6.42 Å². The highest BCUT2D eigenvalue weighted by molar-refractivity contribution is 5.99. The molecule has 2 aromatic heterocycles. The average Bonchev–Trinajstić information content (AvgIpc) is 3.20. The molecule has 0 fully saturated rings. The molecule has 0 bridgehead atoms. The van der Waals surface area contributed by atoms with Gasteiger partial charge in [-0.15, -0.1) is 0 Å². The predicted molar refractivity (Wildman–Crippen MR) is 124 cm³/mol. The van der Waals surface area contributed by atoms with E-state index in [4.69, 9.17) is 5.10 Å². The Bertz CT molecular complexity index is 1050. The molecule has 0 amide bonds. The Morgan fingerprint density at radius 1 is 0.759 bits per heavy atom. The van der Waals surface area contributed by atoms with Crippen LogP contribution in [0.15, 0.2) is 66.9 Å². The zero-order chi connectivity index (χ0) is 19.9. The van der Waals surface area contributed by atoms with Crippen molar-refractivity contribution >= 4 is 16.3 Å². The van der Waals surface area contributed by atoms with Crippen LogP contribution in [-0.2, 0) is 6.42 Å². The maximum atomic E-state index is 4.81. The molecule has 2 heteroatoms. The molecule has 0 saturated heterocycles. The number of nitrogens with zero attached hydrogens (tertiary/aromatic N) is 2. The van der Waals surface area contributed by atoms with E-state index in [-0.39, 0.29) is 0 Å². The molecule has 0 aliphatic carbocycles. The largest absolute Gasteiger partial charge is 0.232 e. The van der Waals surface area contributed by atoms with Gasteiger partial charge in [0.25, 0.3) is 0 Å². The van der Waals surface area contributed by atoms with E-state index in [2.05, 4.69) is 78.3 Å². The first-order chi connectivity index (χ1) is 14.4. The first kappa shape index (κ1) is 19.7. The molecule has 0 saturated carbocycles. The topological polar surface area (TPSA) is 17.3 Å². The van der Waals surface area contributed by atoms with Crippen LogP contribution in [0.25, 0.3) is 27.5 Å². The molecular weight excluding hydrogens is 352 g/mol. The maximum Gasteiger partial charge on any atom is 0.0779 e. The molecule has 2 aromatic carbocycles. The van der Waals surface area contributed by atoms with Gasteiger partial charge in [-0.25, -0.2) is 4.52 Å². The van der Waals surface area contributed by atoms with Gasteiger partial charge in [0.2, 0.25) is 0 Å². The van der Waals surface area contributed by atoms with Crippen LogP contribution in [-0.4, -0.2) is 9.61 Å². The average molecular weight is 385 g/mol. The van der Waals surface area contributed by atoms with Crippen LogP contribution in [0.3, 0.4) is 0 Å². The van der Waals surface area contributed by atoms with E-state index >= 15 is 0 Å². The second-order valence-corrected chi connectivity index (χ2v) is 8.14. The number of rotatable bonds is 10. The third kappa shape index (κ3) is 4.53. The Labute approximate surface area is 174 Å². The van der Waals surface area contributed by atoms with Gasteiger partial charge in [-0.1, -0.05) is 106 Å². The number of hydrogen-bond acceptors (Lipinski definition) is 1. The van der Waals surface area contributed by atoms with Crippen molar-refractivity contribution < 1.29 is 0 Å². The van der Waals surface area contributed by atoms with E-state index in [0.29, 0.717) is 0 Å². The van der Waals surface area contributed by atoms with E-state index in [1.807, 2.05) is 0 Å². The molecular formula is C27H32N2. The van der Waals surface area contributed by atoms with E-state index in [9.17, 15) is 0 Å². The summed E-state index contributed by atoms with van der Waals surface area (Å²) in [5.74, 6) is 0. The van der Waals surface area contributed by atoms with Gasteiger partial charge < -0.3 is 0 Å². The van der Waals surface area contributed by atoms with Crippen molar-refractivity contribution in [2.45, 2.75) is 64.7 Å². The third-order valence-corrected chi connectivity index (χ3v) is 5.95. The van der Waals surface area contributed by atoms with Crippen LogP contribution < -0.4 is 0 Å². The third-order valence-electron chi connectivity index (χ3n) is 5.95. The number of pyridine rings is 1. The highest BCUT2D eigenvalue weighted by Gasteiger charge is 2.13. The minimum absolute atomic E-state index is 1.11. The quantitative estimate of drug-likeness (QED) is 0.255. The van der Waals surface area contributed by atoms with Crippen molar-refractivity contribution in [1.29, 1.82) is 0 Å². The zero-order valence-electron chi connectivity index (χ0n) is 17.6. The smallest absolute Gasteiger partial charge is 0.0779 e. The first-order valence-electron chi connectivity index (χ1n) is 11.3. The molecule has 0 radical (unpaired) electrons. The Kier molecular flexibility index (Phi) is 6.61. The van der Waals surface area contributed by atoms with E-state index in [1.54, 1.807) is 0 Å². The van der Waals surface area contributed by atoms with E-state index < -0.39 is 0 Å². The Morgan fingerprint density at radius 2 is 1.45 bits per heavy atom. The molecule has 0 spiro atoms. The fraction of sp³-hybridized carbons (Fsp3) is 0.370. The van der Waals surface area contributed by atoms with Crippen molar-refractivity contribution in [2.24, 2.45) is 0 Å². The van der Waals surface area contributed by atoms with Gasteiger partial charge in [-0.3, -0.25) is 0 Å². The fourth-order valence-electron chi connectivity index (χ4n) is 4.35. The molecule has 4 aromatic rings. The summed E-state index contributed by atoms with van der Waals surface area (Å²) in [6.45, 7) is 2.28. The Hall–Kier alpha value is -2.61. The number of unbranched alkanes of at least 4 members (excludes halogenated alkanes) is 7. The molecule has 0 aliphatic heterocycles. The minimum atomic E-state index is 1.11. The predicted octanol–water partition coefficient (Wildman–Crippen LogP) is 7.84. The van der Waals surface area contributed by atoms with Gasteiger partial charge in [-0.05, 0) is 29.9 Å². The summed E-state index contributed by atoms with van der Waals surface area (Å²) in [5.41, 5.74) is 5.04. The molecule has 0 unspecified atom stereocenters. The summed E-state index contributed by atoms with van der Waals surface area (Å²) >= 11 is 0. The van der Waals surface area contributed by atoms with Crippen LogP contribution in [0.4, 0.5) is 0 Å². The number of aromatic nitrogens is 2. The monoisotopic (exact) mass is 384 g/mol. The molecule has 0 aliphatic rings. The van der Waals surface area contributed by atoms with Crippen molar-refractivity contribution in [1.82, 2.24) is 9.61 Å². The van der Waals surface area contributed by atoms with Gasteiger partial charge in [0.1, 0.15) is 0 Å². The van der Waals surface area contributed by atoms with Crippen LogP contribution in [0, 0.1) is 0 Å². The standard InChI is InChI=1S/C27H32N2/c1-2-3-4-5-6-7-8-10-18-24-21-28-29-26(22-15-11-9-12-16-22)20-23-17-13-14-19-25(23)27(24)29/h9,11-17,19-21H,2-8,10,18H2,1H3. The fourth-order valence-corrected chi connectivity index (χ4v) is 4.35. The van der Waals surface area contributed by atoms with Gasteiger partial charge >= 0.3 is 0 Å². The molecule has 4 rings (SSSR count). The lowest BCUT2D eigenvalue weighted by molar-refractivity contribution is 0.576. The van der Waals surface area contributed by atoms with Crippen LogP contribution in [0.1, 0.15) is 63.9 Å². The SMILES string of the molecule is CCCCCCCCCCc1cnn2c(-c3ccccc3)cc3ccccc3c12. The lowest BCUT2D eigenvalue weighted by atomic mass is 10.0. The summed E-state index contributed by atoms with van der Waals surface area (Å²) in [6.07, 6.45) is 14.0. The lowest BCUT2D eigenvalue weighted by Crippen LogP contribution is -1.96. The zero-order valence-corrected chi connectivity index (χ0v) is 17.6. The summed E-state index contributed by atoms with van der Waals surface area (Å²) in [7, 11) is 0. The minimum Gasteiger partial charge on any atom is -0.232 e. The highest BCUT2D eigenvalue weighted by Crippen LogP contribution is 2.30. The second-order valence-electron chi connectivity index (χ2n) is 8.14. The number of aryl methyl sites for hydroxylation is 1. The van der Waals surface area contributed by atoms with Crippen molar-refractivity contribution in [3.63, 3.8) is 0 Å². The molecule has 2 heterocycles. The summed E-state index contributed by atoms with van der Waals surface area (Å²) in [6, 6.07) is 21.6. The number of fused-ring (bicyclic) bond motifs is 3. The highest BCUT2D eigenvalue weighted by atomic mass is 15.2. The van der Waals surface area contributed by atoms with Crippen LogP contribution in [0.2, 0.25) is 0 Å². The van der Waals surface area contributed by atoms with Gasteiger partial charge in [-0.2, -0.15) is 5.10 Å². The van der Waals surface area contributed by atoms with Crippen molar-refractivity contribution in [3.05, 3.63) is 72.4 Å². The van der Waals surface area contributed by atoms with Crippen molar-refractivity contribution in [2.75, 3.05) is 0 Å². The maximum absolute atomic E-state index is 4.81. The molecule has 29 heavy (non-hydrogen) atoms. The van der Waals surface area contributed by atoms with Gasteiger partial charge in [0, 0.05) is 10.9 Å². The van der Waals surface area contributed by atoms with Gasteiger partial charge in [0.15, 0.2) is 0 Å². The summed E-state index contributed by atoms with van der Waals surface area (Å²) in [4.78, 5) is 0. The summed E-state index contributed by atoms with van der Waals surface area (Å²) < 4.78 is 2.15. The molecule has 150 valence electrons. The Balaban J connectivity index is 1.56. The van der Waals surface area contributed by atoms with Crippen molar-refractivity contribution in [3.8, 4) is 11.3 Å². The molecule has 0 N–H and O–H groups in total. The van der Waals surface area contributed by atoms with Crippen LogP contribution >= 0.6 is 0 Å².